The van der Waals surface area contributed by atoms with Crippen molar-refractivity contribution in [3.8, 4) is 6.07 Å². The van der Waals surface area contributed by atoms with Crippen LogP contribution in [0.15, 0.2) is 24.3 Å². The van der Waals surface area contributed by atoms with Crippen LogP contribution in [0.4, 0.5) is 18.9 Å². The van der Waals surface area contributed by atoms with E-state index in [4.69, 9.17) is 11.0 Å². The van der Waals surface area contributed by atoms with E-state index in [0.29, 0.717) is 12.5 Å². The van der Waals surface area contributed by atoms with E-state index in [1.807, 2.05) is 6.07 Å². The monoisotopic (exact) mass is 271 g/mol. The van der Waals surface area contributed by atoms with E-state index in [-0.39, 0.29) is 5.69 Å². The summed E-state index contributed by atoms with van der Waals surface area (Å²) in [5.74, 6) is -1.27. The maximum Gasteiger partial charge on any atom is 0.415 e. The Kier molecular flexibility index (Phi) is 3.86. The van der Waals surface area contributed by atoms with Crippen molar-refractivity contribution >= 4 is 11.6 Å². The maximum atomic E-state index is 12.7. The van der Waals surface area contributed by atoms with Crippen molar-refractivity contribution in [3.63, 3.8) is 0 Å². The summed E-state index contributed by atoms with van der Waals surface area (Å²) < 4.78 is 38.0. The lowest BCUT2D eigenvalue weighted by Gasteiger charge is -2.30. The fraction of sp³-hybridized carbons (Fsp3) is 0.333. The first kappa shape index (κ1) is 15.0. The summed E-state index contributed by atoms with van der Waals surface area (Å²) in [5, 5.41) is 8.61. The summed E-state index contributed by atoms with van der Waals surface area (Å²) in [7, 11) is 1.20. The number of likely N-dealkylation sites (N-methyl/N-ethyl adjacent to an activating group) is 1. The molecule has 1 atom stereocenters. The summed E-state index contributed by atoms with van der Waals surface area (Å²) in [6, 6.07) is 7.43. The molecule has 0 bridgehead atoms. The van der Waals surface area contributed by atoms with Gasteiger partial charge < -0.3 is 10.6 Å². The molecule has 0 fully saturated rings. The summed E-state index contributed by atoms with van der Waals surface area (Å²) in [6.45, 7) is 0.621. The molecule has 0 radical (unpaired) electrons. The van der Waals surface area contributed by atoms with Gasteiger partial charge in [0.05, 0.1) is 11.6 Å². The van der Waals surface area contributed by atoms with Crippen molar-refractivity contribution < 1.29 is 18.0 Å². The summed E-state index contributed by atoms with van der Waals surface area (Å²) in [4.78, 5) is 12.6. The average molecular weight is 271 g/mol. The van der Waals surface area contributed by atoms with Crippen molar-refractivity contribution in [1.82, 2.24) is 0 Å². The van der Waals surface area contributed by atoms with Gasteiger partial charge in [0.15, 0.2) is 5.54 Å². The van der Waals surface area contributed by atoms with E-state index in [0.717, 1.165) is 4.90 Å². The first-order valence-electron chi connectivity index (χ1n) is 5.25. The molecule has 19 heavy (non-hydrogen) atoms. The van der Waals surface area contributed by atoms with Gasteiger partial charge in [-0.2, -0.15) is 18.4 Å². The highest BCUT2D eigenvalue weighted by atomic mass is 19.4. The minimum absolute atomic E-state index is 0.227. The smallest absolute Gasteiger partial charge is 0.314 e. The zero-order chi connectivity index (χ0) is 14.8. The molecule has 1 aromatic rings. The van der Waals surface area contributed by atoms with E-state index in [2.05, 4.69) is 0 Å². The second kappa shape index (κ2) is 4.90. The van der Waals surface area contributed by atoms with Crippen LogP contribution in [-0.2, 0) is 4.79 Å². The highest BCUT2D eigenvalue weighted by Crippen LogP contribution is 2.30. The van der Waals surface area contributed by atoms with Crippen LogP contribution in [0.5, 0.6) is 0 Å². The number of nitrogens with two attached hydrogens (primary N) is 1. The molecule has 102 valence electrons. The molecule has 0 saturated carbocycles. The summed E-state index contributed by atoms with van der Waals surface area (Å²) >= 11 is 0. The van der Waals surface area contributed by atoms with E-state index < -0.39 is 17.6 Å². The minimum atomic E-state index is -4.84. The molecule has 1 amide bonds. The summed E-state index contributed by atoms with van der Waals surface area (Å²) in [6.07, 6.45) is -4.84. The number of benzene rings is 1. The van der Waals surface area contributed by atoms with Crippen LogP contribution >= 0.6 is 0 Å². The van der Waals surface area contributed by atoms with Gasteiger partial charge in [0.1, 0.15) is 0 Å². The van der Waals surface area contributed by atoms with Gasteiger partial charge in [-0.3, -0.25) is 4.79 Å². The van der Waals surface area contributed by atoms with Crippen LogP contribution in [0.25, 0.3) is 0 Å². The minimum Gasteiger partial charge on any atom is -0.314 e. The quantitative estimate of drug-likeness (QED) is 0.891. The molecule has 4 nitrogen and oxygen atoms in total. The fourth-order valence-corrected chi connectivity index (χ4v) is 1.35. The average Bonchev–Trinajstić information content (AvgIpc) is 2.35. The second-order valence-corrected chi connectivity index (χ2v) is 4.22. The van der Waals surface area contributed by atoms with Crippen molar-refractivity contribution in [2.24, 2.45) is 5.73 Å². The lowest BCUT2D eigenvalue weighted by Crippen LogP contribution is -2.61. The number of rotatable bonds is 2. The van der Waals surface area contributed by atoms with E-state index >= 15 is 0 Å². The standard InChI is InChI=1S/C12H12F3N3O/c1-11(17,12(13,14)15)10(19)18(2)9-5-3-8(7-16)4-6-9/h3-6H,17H2,1-2H3. The zero-order valence-corrected chi connectivity index (χ0v) is 10.3. The molecule has 0 aliphatic heterocycles. The molecule has 1 unspecified atom stereocenters. The number of amides is 1. The Bertz CT molecular complexity index is 515. The third-order valence-corrected chi connectivity index (χ3v) is 2.72. The van der Waals surface area contributed by atoms with Gasteiger partial charge >= 0.3 is 6.18 Å². The number of nitrogens with zero attached hydrogens (tertiary/aromatic N) is 2. The number of alkyl halides is 3. The Labute approximate surface area is 108 Å². The van der Waals surface area contributed by atoms with E-state index in [1.54, 1.807) is 0 Å². The number of carbonyl (C=O) groups is 1. The number of anilines is 1. The maximum absolute atomic E-state index is 12.7. The van der Waals surface area contributed by atoms with Crippen molar-refractivity contribution in [2.75, 3.05) is 11.9 Å². The number of hydrogen-bond donors (Lipinski definition) is 1. The molecule has 0 spiro atoms. The molecule has 0 aromatic heterocycles. The molecular weight excluding hydrogens is 259 g/mol. The molecule has 2 N–H and O–H groups in total. The van der Waals surface area contributed by atoms with Gasteiger partial charge in [0, 0.05) is 12.7 Å². The van der Waals surface area contributed by atoms with Crippen LogP contribution in [-0.4, -0.2) is 24.7 Å². The molecule has 0 saturated heterocycles. The number of nitriles is 1. The molecule has 0 heterocycles. The molecule has 0 aliphatic carbocycles. The van der Waals surface area contributed by atoms with Crippen LogP contribution in [0, 0.1) is 11.3 Å². The van der Waals surface area contributed by atoms with Gasteiger partial charge in [-0.1, -0.05) is 0 Å². The first-order chi connectivity index (χ1) is 8.61. The molecule has 1 rings (SSSR count). The Morgan fingerprint density at radius 3 is 2.16 bits per heavy atom. The molecule has 0 aliphatic rings. The van der Waals surface area contributed by atoms with Gasteiger partial charge in [-0.15, -0.1) is 0 Å². The lowest BCUT2D eigenvalue weighted by molar-refractivity contribution is -0.185. The zero-order valence-electron chi connectivity index (χ0n) is 10.3. The Hall–Kier alpha value is -2.07. The predicted molar refractivity (Wildman–Crippen MR) is 63.2 cm³/mol. The largest absolute Gasteiger partial charge is 0.415 e. The van der Waals surface area contributed by atoms with Crippen molar-refractivity contribution in [1.29, 1.82) is 5.26 Å². The fourth-order valence-electron chi connectivity index (χ4n) is 1.35. The molecular formula is C12H12F3N3O. The third kappa shape index (κ3) is 2.85. The van der Waals surface area contributed by atoms with E-state index in [1.165, 1.54) is 31.3 Å². The molecule has 1 aromatic carbocycles. The van der Waals surface area contributed by atoms with Crippen molar-refractivity contribution in [2.45, 2.75) is 18.6 Å². The topological polar surface area (TPSA) is 70.1 Å². The van der Waals surface area contributed by atoms with Crippen LogP contribution in [0.1, 0.15) is 12.5 Å². The normalized spacial score (nSPS) is 14.4. The lowest BCUT2D eigenvalue weighted by atomic mass is 10.0. The Morgan fingerprint density at radius 2 is 1.79 bits per heavy atom. The van der Waals surface area contributed by atoms with Crippen molar-refractivity contribution in [3.05, 3.63) is 29.8 Å². The van der Waals surface area contributed by atoms with Gasteiger partial charge in [0.25, 0.3) is 5.91 Å². The Morgan fingerprint density at radius 1 is 1.32 bits per heavy atom. The SMILES string of the molecule is CN(C(=O)C(C)(N)C(F)(F)F)c1ccc(C#N)cc1. The second-order valence-electron chi connectivity index (χ2n) is 4.22. The highest BCUT2D eigenvalue weighted by Gasteiger charge is 2.55. The highest BCUT2D eigenvalue weighted by molar-refractivity contribution is 6.00. The first-order valence-corrected chi connectivity index (χ1v) is 5.25. The third-order valence-electron chi connectivity index (χ3n) is 2.72. The van der Waals surface area contributed by atoms with Crippen LogP contribution in [0.2, 0.25) is 0 Å². The Balaban J connectivity index is 3.03. The number of halogens is 3. The number of hydrogen-bond acceptors (Lipinski definition) is 3. The molecule has 7 heteroatoms. The van der Waals surface area contributed by atoms with Gasteiger partial charge in [0.2, 0.25) is 0 Å². The van der Waals surface area contributed by atoms with E-state index in [9.17, 15) is 18.0 Å². The van der Waals surface area contributed by atoms with Gasteiger partial charge in [-0.05, 0) is 31.2 Å². The summed E-state index contributed by atoms with van der Waals surface area (Å²) in [5.41, 5.74) is 2.67. The van der Waals surface area contributed by atoms with Crippen LogP contribution < -0.4 is 10.6 Å². The predicted octanol–water partition coefficient (Wildman–Crippen LogP) is 1.80. The van der Waals surface area contributed by atoms with Crippen LogP contribution in [0.3, 0.4) is 0 Å². The number of carbonyl (C=O) groups excluding carboxylic acids is 1. The van der Waals surface area contributed by atoms with Gasteiger partial charge in [-0.25, -0.2) is 0 Å².